The minimum Gasteiger partial charge on any atom is -0.427 e. The zero-order chi connectivity index (χ0) is 10.7. The normalized spacial score (nSPS) is 10.2. The molecule has 0 saturated heterocycles. The number of esters is 1. The highest BCUT2D eigenvalue weighted by atomic mass is 16.5. The minimum absolute atomic E-state index is 0.224. The van der Waals surface area contributed by atoms with Crippen LogP contribution < -0.4 is 4.74 Å². The van der Waals surface area contributed by atoms with Gasteiger partial charge in [0.2, 0.25) is 0 Å². The summed E-state index contributed by atoms with van der Waals surface area (Å²) in [5, 5.41) is 0.971. The van der Waals surface area contributed by atoms with E-state index in [2.05, 4.69) is 4.98 Å². The van der Waals surface area contributed by atoms with E-state index in [4.69, 9.17) is 4.74 Å². The fraction of sp³-hybridized carbons (Fsp3) is 0.167. The topological polar surface area (TPSA) is 39.2 Å². The zero-order valence-corrected chi connectivity index (χ0v) is 8.43. The number of ether oxygens (including phenoxy) is 1. The Bertz CT molecular complexity index is 494. The van der Waals surface area contributed by atoms with Gasteiger partial charge in [-0.2, -0.15) is 0 Å². The summed E-state index contributed by atoms with van der Waals surface area (Å²) in [5.74, 6) is 0.348. The molecule has 0 N–H and O–H groups in total. The molecule has 3 heteroatoms. The number of benzene rings is 1. The van der Waals surface area contributed by atoms with Crippen molar-refractivity contribution in [2.24, 2.45) is 0 Å². The van der Waals surface area contributed by atoms with E-state index in [1.807, 2.05) is 24.3 Å². The van der Waals surface area contributed by atoms with Gasteiger partial charge in [-0.05, 0) is 24.3 Å². The molecule has 76 valence electrons. The van der Waals surface area contributed by atoms with Crippen LogP contribution in [0.3, 0.4) is 0 Å². The Hall–Kier alpha value is -1.90. The van der Waals surface area contributed by atoms with Gasteiger partial charge in [-0.25, -0.2) is 0 Å². The Morgan fingerprint density at radius 1 is 1.40 bits per heavy atom. The van der Waals surface area contributed by atoms with E-state index in [9.17, 15) is 4.79 Å². The molecule has 0 aliphatic carbocycles. The van der Waals surface area contributed by atoms with E-state index < -0.39 is 0 Å². The van der Waals surface area contributed by atoms with E-state index in [-0.39, 0.29) is 5.97 Å². The van der Waals surface area contributed by atoms with Gasteiger partial charge in [0.05, 0.1) is 5.52 Å². The lowest BCUT2D eigenvalue weighted by Gasteiger charge is -2.03. The molecule has 1 aromatic carbocycles. The largest absolute Gasteiger partial charge is 0.427 e. The highest BCUT2D eigenvalue weighted by Gasteiger charge is 2.02. The standard InChI is InChI=1S/C12H11NO2/c1-2-12(14)15-10-5-6-11-9(8-10)4-3-7-13-11/h3-8H,2H2,1H3. The highest BCUT2D eigenvalue weighted by Crippen LogP contribution is 2.19. The summed E-state index contributed by atoms with van der Waals surface area (Å²) in [5.41, 5.74) is 0.897. The lowest BCUT2D eigenvalue weighted by molar-refractivity contribution is -0.134. The van der Waals surface area contributed by atoms with Gasteiger partial charge in [0.25, 0.3) is 0 Å². The van der Waals surface area contributed by atoms with Crippen molar-refractivity contribution in [2.75, 3.05) is 0 Å². The van der Waals surface area contributed by atoms with Crippen molar-refractivity contribution >= 4 is 16.9 Å². The van der Waals surface area contributed by atoms with E-state index >= 15 is 0 Å². The fourth-order valence-corrected chi connectivity index (χ4v) is 1.32. The third-order valence-corrected chi connectivity index (χ3v) is 2.09. The average molecular weight is 201 g/mol. The van der Waals surface area contributed by atoms with Crippen LogP contribution in [0.4, 0.5) is 0 Å². The summed E-state index contributed by atoms with van der Waals surface area (Å²) in [7, 11) is 0. The molecule has 0 radical (unpaired) electrons. The number of carbonyl (C=O) groups is 1. The molecule has 0 spiro atoms. The third kappa shape index (κ3) is 2.13. The van der Waals surface area contributed by atoms with Crippen LogP contribution in [0.5, 0.6) is 5.75 Å². The number of aromatic nitrogens is 1. The van der Waals surface area contributed by atoms with Crippen molar-refractivity contribution in [3.8, 4) is 5.75 Å². The Balaban J connectivity index is 2.34. The van der Waals surface area contributed by atoms with E-state index in [0.29, 0.717) is 12.2 Å². The summed E-state index contributed by atoms with van der Waals surface area (Å²) in [6.07, 6.45) is 2.12. The maximum Gasteiger partial charge on any atom is 0.310 e. The second kappa shape index (κ2) is 4.09. The first-order chi connectivity index (χ1) is 7.29. The number of fused-ring (bicyclic) bond motifs is 1. The number of pyridine rings is 1. The van der Waals surface area contributed by atoms with Gasteiger partial charge in [-0.1, -0.05) is 13.0 Å². The molecule has 0 bridgehead atoms. The van der Waals surface area contributed by atoms with Crippen molar-refractivity contribution in [2.45, 2.75) is 13.3 Å². The highest BCUT2D eigenvalue weighted by molar-refractivity contribution is 5.81. The van der Waals surface area contributed by atoms with Gasteiger partial charge in [-0.15, -0.1) is 0 Å². The molecule has 0 atom stereocenters. The first-order valence-electron chi connectivity index (χ1n) is 4.85. The van der Waals surface area contributed by atoms with Crippen LogP contribution >= 0.6 is 0 Å². The smallest absolute Gasteiger partial charge is 0.310 e. The SMILES string of the molecule is CCC(=O)Oc1ccc2ncccc2c1. The Labute approximate surface area is 87.7 Å². The minimum atomic E-state index is -0.224. The molecule has 0 aliphatic heterocycles. The van der Waals surface area contributed by atoms with Crippen molar-refractivity contribution < 1.29 is 9.53 Å². The summed E-state index contributed by atoms with van der Waals surface area (Å²) in [6, 6.07) is 9.20. The van der Waals surface area contributed by atoms with E-state index in [1.54, 1.807) is 19.2 Å². The van der Waals surface area contributed by atoms with Crippen LogP contribution in [0.15, 0.2) is 36.5 Å². The first kappa shape index (κ1) is 9.65. The molecule has 1 aromatic heterocycles. The van der Waals surface area contributed by atoms with E-state index in [0.717, 1.165) is 10.9 Å². The quantitative estimate of drug-likeness (QED) is 0.553. The summed E-state index contributed by atoms with van der Waals surface area (Å²) >= 11 is 0. The number of hydrogen-bond donors (Lipinski definition) is 0. The number of nitrogens with zero attached hydrogens (tertiary/aromatic N) is 1. The predicted octanol–water partition coefficient (Wildman–Crippen LogP) is 2.55. The maximum atomic E-state index is 11.1. The monoisotopic (exact) mass is 201 g/mol. The maximum absolute atomic E-state index is 11.1. The summed E-state index contributed by atoms with van der Waals surface area (Å²) in [6.45, 7) is 1.77. The number of hydrogen-bond acceptors (Lipinski definition) is 3. The molecule has 0 saturated carbocycles. The first-order valence-corrected chi connectivity index (χ1v) is 4.85. The summed E-state index contributed by atoms with van der Waals surface area (Å²) in [4.78, 5) is 15.3. The third-order valence-electron chi connectivity index (χ3n) is 2.09. The second-order valence-corrected chi connectivity index (χ2v) is 3.19. The molecule has 0 fully saturated rings. The predicted molar refractivity (Wildman–Crippen MR) is 57.7 cm³/mol. The molecule has 2 rings (SSSR count). The van der Waals surface area contributed by atoms with Gasteiger partial charge in [0.15, 0.2) is 0 Å². The van der Waals surface area contributed by atoms with Crippen LogP contribution in [0.2, 0.25) is 0 Å². The zero-order valence-electron chi connectivity index (χ0n) is 8.43. The molecular formula is C12H11NO2. The summed E-state index contributed by atoms with van der Waals surface area (Å²) < 4.78 is 5.10. The fourth-order valence-electron chi connectivity index (χ4n) is 1.32. The molecule has 0 aliphatic rings. The Morgan fingerprint density at radius 2 is 2.27 bits per heavy atom. The van der Waals surface area contributed by atoms with E-state index in [1.165, 1.54) is 0 Å². The Kier molecular flexibility index (Phi) is 2.63. The Morgan fingerprint density at radius 3 is 3.07 bits per heavy atom. The van der Waals surface area contributed by atoms with Crippen LogP contribution in [0.25, 0.3) is 10.9 Å². The van der Waals surface area contributed by atoms with Crippen molar-refractivity contribution in [3.05, 3.63) is 36.5 Å². The van der Waals surface area contributed by atoms with Crippen molar-refractivity contribution in [3.63, 3.8) is 0 Å². The van der Waals surface area contributed by atoms with Crippen LogP contribution in [0, 0.1) is 0 Å². The molecule has 0 unspecified atom stereocenters. The van der Waals surface area contributed by atoms with Crippen LogP contribution in [-0.4, -0.2) is 11.0 Å². The average Bonchev–Trinajstić information content (AvgIpc) is 2.29. The molecule has 1 heterocycles. The molecule has 0 amide bonds. The van der Waals surface area contributed by atoms with Gasteiger partial charge in [0.1, 0.15) is 5.75 Å². The van der Waals surface area contributed by atoms with Crippen molar-refractivity contribution in [1.29, 1.82) is 0 Å². The number of rotatable bonds is 2. The van der Waals surface area contributed by atoms with Gasteiger partial charge in [-0.3, -0.25) is 9.78 Å². The molecule has 15 heavy (non-hydrogen) atoms. The van der Waals surface area contributed by atoms with Crippen molar-refractivity contribution in [1.82, 2.24) is 4.98 Å². The van der Waals surface area contributed by atoms with Gasteiger partial charge < -0.3 is 4.74 Å². The molecule has 2 aromatic rings. The molecule has 3 nitrogen and oxygen atoms in total. The lowest BCUT2D eigenvalue weighted by atomic mass is 10.2. The van der Waals surface area contributed by atoms with Crippen LogP contribution in [-0.2, 0) is 4.79 Å². The number of carbonyl (C=O) groups excluding carboxylic acids is 1. The van der Waals surface area contributed by atoms with Gasteiger partial charge >= 0.3 is 5.97 Å². The molecular weight excluding hydrogens is 190 g/mol. The lowest BCUT2D eigenvalue weighted by Crippen LogP contribution is -2.05. The van der Waals surface area contributed by atoms with Gasteiger partial charge in [0, 0.05) is 18.0 Å². The van der Waals surface area contributed by atoms with Crippen LogP contribution in [0.1, 0.15) is 13.3 Å². The second-order valence-electron chi connectivity index (χ2n) is 3.19.